The Morgan fingerprint density at radius 1 is 1.10 bits per heavy atom. The van der Waals surface area contributed by atoms with Gasteiger partial charge >= 0.3 is 6.09 Å². The van der Waals surface area contributed by atoms with Gasteiger partial charge in [-0.1, -0.05) is 0 Å². The minimum absolute atomic E-state index is 0. The zero-order chi connectivity index (χ0) is 21.2. The first kappa shape index (κ1) is 25.9. The Balaban J connectivity index is 0.00000450. The van der Waals surface area contributed by atoms with Crippen molar-refractivity contribution in [1.29, 1.82) is 0 Å². The van der Waals surface area contributed by atoms with Crippen LogP contribution < -0.4 is 24.8 Å². The lowest BCUT2D eigenvalue weighted by atomic mass is 10.1. The molecule has 0 saturated carbocycles. The average molecular weight is 536 g/mol. The maximum absolute atomic E-state index is 11.6. The molecule has 170 valence electrons. The number of likely N-dealkylation sites (tertiary alicyclic amines) is 1. The summed E-state index contributed by atoms with van der Waals surface area (Å²) in [5.74, 6) is 2.86. The van der Waals surface area contributed by atoms with Crippen LogP contribution in [0.5, 0.6) is 17.2 Å². The summed E-state index contributed by atoms with van der Waals surface area (Å²) in [5.41, 5.74) is 0.963. The molecule has 9 nitrogen and oxygen atoms in total. The lowest BCUT2D eigenvalue weighted by molar-refractivity contribution is 0.111. The monoisotopic (exact) mass is 536 g/mol. The molecule has 1 aliphatic rings. The van der Waals surface area contributed by atoms with E-state index >= 15 is 0 Å². The van der Waals surface area contributed by atoms with Crippen LogP contribution in [0.25, 0.3) is 0 Å². The van der Waals surface area contributed by atoms with Crippen molar-refractivity contribution < 1.29 is 23.7 Å². The third-order valence-corrected chi connectivity index (χ3v) is 4.98. The normalized spacial score (nSPS) is 14.4. The van der Waals surface area contributed by atoms with Gasteiger partial charge in [0.25, 0.3) is 0 Å². The van der Waals surface area contributed by atoms with Crippen molar-refractivity contribution in [3.05, 3.63) is 17.7 Å². The Kier molecular flexibility index (Phi) is 11.4. The standard InChI is InChI=1S/C20H32N4O5.HI/c1-21-19(23-14-7-10-24(11-8-14)20(25)29-5)22-9-6-16-17(27-3)12-15(26-2)13-18(16)28-4;/h12-14H,6-11H2,1-5H3,(H2,21,22,23);1H. The molecule has 1 aromatic rings. The molecule has 1 amide bonds. The molecule has 2 N–H and O–H groups in total. The van der Waals surface area contributed by atoms with Crippen LogP contribution in [0.3, 0.4) is 0 Å². The number of carbonyl (C=O) groups excluding carboxylic acids is 1. The van der Waals surface area contributed by atoms with Gasteiger partial charge in [0.2, 0.25) is 0 Å². The predicted octanol–water partition coefficient (Wildman–Crippen LogP) is 2.27. The molecule has 0 aromatic heterocycles. The van der Waals surface area contributed by atoms with Crippen LogP contribution in [0.2, 0.25) is 0 Å². The van der Waals surface area contributed by atoms with Crippen molar-refractivity contribution in [2.75, 3.05) is 55.1 Å². The summed E-state index contributed by atoms with van der Waals surface area (Å²) in [6.07, 6.45) is 2.11. The van der Waals surface area contributed by atoms with Crippen LogP contribution in [0.1, 0.15) is 18.4 Å². The minimum atomic E-state index is -0.270. The molecule has 0 radical (unpaired) electrons. The highest BCUT2D eigenvalue weighted by Crippen LogP contribution is 2.34. The minimum Gasteiger partial charge on any atom is -0.496 e. The second kappa shape index (κ2) is 13.2. The van der Waals surface area contributed by atoms with E-state index in [0.717, 1.165) is 35.9 Å². The van der Waals surface area contributed by atoms with Gasteiger partial charge in [-0.2, -0.15) is 0 Å². The number of methoxy groups -OCH3 is 4. The second-order valence-electron chi connectivity index (χ2n) is 6.64. The van der Waals surface area contributed by atoms with E-state index in [1.165, 1.54) is 7.11 Å². The van der Waals surface area contributed by atoms with Gasteiger partial charge < -0.3 is 34.5 Å². The van der Waals surface area contributed by atoms with Gasteiger partial charge in [0.1, 0.15) is 17.2 Å². The van der Waals surface area contributed by atoms with Gasteiger partial charge in [-0.15, -0.1) is 24.0 Å². The number of nitrogens with one attached hydrogen (secondary N) is 2. The van der Waals surface area contributed by atoms with E-state index in [2.05, 4.69) is 15.6 Å². The number of hydrogen-bond acceptors (Lipinski definition) is 6. The number of hydrogen-bond donors (Lipinski definition) is 2. The van der Waals surface area contributed by atoms with Crippen molar-refractivity contribution in [2.45, 2.75) is 25.3 Å². The molecule has 30 heavy (non-hydrogen) atoms. The Labute approximate surface area is 195 Å². The van der Waals surface area contributed by atoms with Gasteiger partial charge in [0.05, 0.1) is 28.4 Å². The summed E-state index contributed by atoms with van der Waals surface area (Å²) in [7, 11) is 8.03. The molecule has 10 heteroatoms. The molecule has 0 atom stereocenters. The first-order chi connectivity index (χ1) is 14.1. The average Bonchev–Trinajstić information content (AvgIpc) is 2.77. The zero-order valence-corrected chi connectivity index (χ0v) is 20.6. The van der Waals surface area contributed by atoms with Gasteiger partial charge in [0, 0.05) is 50.4 Å². The molecule has 1 fully saturated rings. The summed E-state index contributed by atoms with van der Waals surface area (Å²) < 4.78 is 21.1. The molecular weight excluding hydrogens is 503 g/mol. The van der Waals surface area contributed by atoms with Crippen LogP contribution in [0.4, 0.5) is 4.79 Å². The number of nitrogens with zero attached hydrogens (tertiary/aromatic N) is 2. The van der Waals surface area contributed by atoms with Crippen LogP contribution in [0, 0.1) is 0 Å². The Morgan fingerprint density at radius 3 is 2.17 bits per heavy atom. The van der Waals surface area contributed by atoms with Gasteiger partial charge in [-0.3, -0.25) is 4.99 Å². The van der Waals surface area contributed by atoms with E-state index in [-0.39, 0.29) is 36.1 Å². The highest BCUT2D eigenvalue weighted by molar-refractivity contribution is 14.0. The molecule has 0 spiro atoms. The van der Waals surface area contributed by atoms with Crippen molar-refractivity contribution in [3.63, 3.8) is 0 Å². The number of carbonyl (C=O) groups is 1. The number of piperidine rings is 1. The fraction of sp³-hybridized carbons (Fsp3) is 0.600. The maximum atomic E-state index is 11.6. The largest absolute Gasteiger partial charge is 0.496 e. The summed E-state index contributed by atoms with van der Waals surface area (Å²) in [6.45, 7) is 1.99. The number of amides is 1. The number of benzene rings is 1. The highest BCUT2D eigenvalue weighted by atomic mass is 127. The molecule has 1 heterocycles. The highest BCUT2D eigenvalue weighted by Gasteiger charge is 2.23. The third-order valence-electron chi connectivity index (χ3n) is 4.98. The van der Waals surface area contributed by atoms with Crippen molar-refractivity contribution >= 4 is 36.0 Å². The fourth-order valence-electron chi connectivity index (χ4n) is 3.35. The summed E-state index contributed by atoms with van der Waals surface area (Å²) >= 11 is 0. The van der Waals surface area contributed by atoms with Crippen molar-refractivity contribution in [2.24, 2.45) is 4.99 Å². The summed E-state index contributed by atoms with van der Waals surface area (Å²) in [5, 5.41) is 6.76. The second-order valence-corrected chi connectivity index (χ2v) is 6.64. The SMILES string of the molecule is CN=C(NCCc1c(OC)cc(OC)cc1OC)NC1CCN(C(=O)OC)CC1.I. The van der Waals surface area contributed by atoms with E-state index < -0.39 is 0 Å². The van der Waals surface area contributed by atoms with Crippen LogP contribution >= 0.6 is 24.0 Å². The van der Waals surface area contributed by atoms with Gasteiger partial charge in [-0.25, -0.2) is 4.79 Å². The van der Waals surface area contributed by atoms with E-state index in [0.29, 0.717) is 31.8 Å². The smallest absolute Gasteiger partial charge is 0.409 e. The van der Waals surface area contributed by atoms with Crippen LogP contribution in [-0.4, -0.2) is 78.1 Å². The molecule has 0 unspecified atom stereocenters. The van der Waals surface area contributed by atoms with E-state index in [4.69, 9.17) is 18.9 Å². The van der Waals surface area contributed by atoms with Gasteiger partial charge in [-0.05, 0) is 19.3 Å². The molecule has 1 aromatic carbocycles. The van der Waals surface area contributed by atoms with Crippen LogP contribution in [-0.2, 0) is 11.2 Å². The maximum Gasteiger partial charge on any atom is 0.409 e. The molecule has 1 aliphatic heterocycles. The molecule has 2 rings (SSSR count). The lowest BCUT2D eigenvalue weighted by Gasteiger charge is -2.32. The van der Waals surface area contributed by atoms with E-state index in [1.54, 1.807) is 33.3 Å². The number of aliphatic imine (C=N–C) groups is 1. The molecule has 0 aliphatic carbocycles. The molecular formula is C20H33IN4O5. The summed E-state index contributed by atoms with van der Waals surface area (Å²) in [6, 6.07) is 3.95. The van der Waals surface area contributed by atoms with Crippen molar-refractivity contribution in [3.8, 4) is 17.2 Å². The zero-order valence-electron chi connectivity index (χ0n) is 18.3. The van der Waals surface area contributed by atoms with Crippen molar-refractivity contribution in [1.82, 2.24) is 15.5 Å². The fourth-order valence-corrected chi connectivity index (χ4v) is 3.35. The number of ether oxygens (including phenoxy) is 4. The lowest BCUT2D eigenvalue weighted by Crippen LogP contribution is -2.50. The van der Waals surface area contributed by atoms with Crippen LogP contribution in [0.15, 0.2) is 17.1 Å². The molecule has 0 bridgehead atoms. The van der Waals surface area contributed by atoms with E-state index in [1.807, 2.05) is 12.1 Å². The first-order valence-electron chi connectivity index (χ1n) is 9.65. The third kappa shape index (κ3) is 6.99. The Morgan fingerprint density at radius 2 is 1.70 bits per heavy atom. The first-order valence-corrected chi connectivity index (χ1v) is 9.65. The number of halogens is 1. The van der Waals surface area contributed by atoms with E-state index in [9.17, 15) is 4.79 Å². The topological polar surface area (TPSA) is 93.7 Å². The quantitative estimate of drug-likeness (QED) is 0.314. The Hall–Kier alpha value is -2.11. The summed E-state index contributed by atoms with van der Waals surface area (Å²) in [4.78, 5) is 17.6. The molecule has 1 saturated heterocycles. The Bertz CT molecular complexity index is 683. The predicted molar refractivity (Wildman–Crippen MR) is 127 cm³/mol. The number of rotatable bonds is 7. The number of guanidine groups is 1. The van der Waals surface area contributed by atoms with Gasteiger partial charge in [0.15, 0.2) is 5.96 Å².